The van der Waals surface area contributed by atoms with Crippen LogP contribution in [0.1, 0.15) is 15.9 Å². The van der Waals surface area contributed by atoms with Crippen molar-refractivity contribution in [3.05, 3.63) is 63.7 Å². The average molecular weight is 344 g/mol. The van der Waals surface area contributed by atoms with Crippen LogP contribution < -0.4 is 9.64 Å². The summed E-state index contributed by atoms with van der Waals surface area (Å²) < 4.78 is 10.6. The predicted molar refractivity (Wildman–Crippen MR) is 94.4 cm³/mol. The Morgan fingerprint density at radius 1 is 1.12 bits per heavy atom. The summed E-state index contributed by atoms with van der Waals surface area (Å²) in [5.74, 6) is 0.0635. The summed E-state index contributed by atoms with van der Waals surface area (Å²) in [6.45, 7) is 2.23. The average Bonchev–Trinajstić information content (AvgIpc) is 2.59. The molecule has 2 rings (SSSR count). The van der Waals surface area contributed by atoms with Crippen LogP contribution in [-0.2, 0) is 4.74 Å². The third-order valence-electron chi connectivity index (χ3n) is 3.50. The third-order valence-corrected chi connectivity index (χ3v) is 3.50. The first-order valence-electron chi connectivity index (χ1n) is 7.71. The van der Waals surface area contributed by atoms with Crippen molar-refractivity contribution in [1.29, 1.82) is 0 Å². The normalized spacial score (nSPS) is 10.2. The second kappa shape index (κ2) is 8.14. The van der Waals surface area contributed by atoms with Crippen LogP contribution in [0.25, 0.3) is 0 Å². The molecule has 7 heteroatoms. The molecule has 132 valence electrons. The monoisotopic (exact) mass is 344 g/mol. The minimum Gasteiger partial charge on any atom is -0.490 e. The summed E-state index contributed by atoms with van der Waals surface area (Å²) in [7, 11) is 3.39. The van der Waals surface area contributed by atoms with Gasteiger partial charge in [-0.15, -0.1) is 0 Å². The van der Waals surface area contributed by atoms with E-state index in [-0.39, 0.29) is 24.5 Å². The van der Waals surface area contributed by atoms with Gasteiger partial charge in [0, 0.05) is 20.2 Å². The standard InChI is InChI=1S/C18H20N2O5/c1-13-4-7-15(8-5-13)24-10-11-25-18(21)14-6-9-16(19(2)3)17(12-14)20(22)23/h4-9,12H,10-11H2,1-3H3. The smallest absolute Gasteiger partial charge is 0.338 e. The minimum atomic E-state index is -0.624. The molecule has 2 aromatic rings. The van der Waals surface area contributed by atoms with Gasteiger partial charge in [0.1, 0.15) is 24.7 Å². The zero-order valence-electron chi connectivity index (χ0n) is 14.4. The van der Waals surface area contributed by atoms with Gasteiger partial charge in [-0.1, -0.05) is 17.7 Å². The van der Waals surface area contributed by atoms with E-state index >= 15 is 0 Å². The fourth-order valence-corrected chi connectivity index (χ4v) is 2.19. The quantitative estimate of drug-likeness (QED) is 0.332. The van der Waals surface area contributed by atoms with Gasteiger partial charge < -0.3 is 14.4 Å². The van der Waals surface area contributed by atoms with Gasteiger partial charge in [-0.2, -0.15) is 0 Å². The lowest BCUT2D eigenvalue weighted by molar-refractivity contribution is -0.384. The van der Waals surface area contributed by atoms with E-state index in [1.165, 1.54) is 18.2 Å². The second-order valence-corrected chi connectivity index (χ2v) is 5.65. The highest BCUT2D eigenvalue weighted by Gasteiger charge is 2.19. The Labute approximate surface area is 145 Å². The molecule has 0 saturated heterocycles. The number of esters is 1. The van der Waals surface area contributed by atoms with Crippen LogP contribution in [0, 0.1) is 17.0 Å². The molecule has 0 bridgehead atoms. The van der Waals surface area contributed by atoms with Gasteiger partial charge in [0.25, 0.3) is 5.69 Å². The van der Waals surface area contributed by atoms with Crippen molar-refractivity contribution in [2.45, 2.75) is 6.92 Å². The Balaban J connectivity index is 1.93. The van der Waals surface area contributed by atoms with Crippen molar-refractivity contribution in [1.82, 2.24) is 0 Å². The molecule has 0 amide bonds. The van der Waals surface area contributed by atoms with Crippen LogP contribution in [0.2, 0.25) is 0 Å². The SMILES string of the molecule is Cc1ccc(OCCOC(=O)c2ccc(N(C)C)c([N+](=O)[O-])c2)cc1. The first-order chi connectivity index (χ1) is 11.9. The lowest BCUT2D eigenvalue weighted by atomic mass is 10.1. The Kier molecular flexibility index (Phi) is 5.94. The number of anilines is 1. The lowest BCUT2D eigenvalue weighted by Gasteiger charge is -2.13. The number of hydrogen-bond acceptors (Lipinski definition) is 6. The number of nitrogens with zero attached hydrogens (tertiary/aromatic N) is 2. The zero-order valence-corrected chi connectivity index (χ0v) is 14.4. The van der Waals surface area contributed by atoms with Gasteiger partial charge in [0.2, 0.25) is 0 Å². The molecule has 0 atom stereocenters. The molecular formula is C18H20N2O5. The number of aryl methyl sites for hydroxylation is 1. The van der Waals surface area contributed by atoms with Crippen molar-refractivity contribution < 1.29 is 19.2 Å². The number of hydrogen-bond donors (Lipinski definition) is 0. The predicted octanol–water partition coefficient (Wildman–Crippen LogP) is 3.21. The fourth-order valence-electron chi connectivity index (χ4n) is 2.19. The van der Waals surface area contributed by atoms with E-state index in [9.17, 15) is 14.9 Å². The maximum atomic E-state index is 12.0. The number of ether oxygens (including phenoxy) is 2. The van der Waals surface area contributed by atoms with Gasteiger partial charge in [-0.25, -0.2) is 4.79 Å². The number of nitro groups is 1. The molecule has 2 aromatic carbocycles. The first-order valence-corrected chi connectivity index (χ1v) is 7.71. The summed E-state index contributed by atoms with van der Waals surface area (Å²) in [6, 6.07) is 11.8. The molecule has 25 heavy (non-hydrogen) atoms. The molecule has 0 aliphatic heterocycles. The maximum absolute atomic E-state index is 12.0. The van der Waals surface area contributed by atoms with Crippen molar-refractivity contribution in [2.75, 3.05) is 32.2 Å². The maximum Gasteiger partial charge on any atom is 0.338 e. The largest absolute Gasteiger partial charge is 0.490 e. The van der Waals surface area contributed by atoms with Crippen LogP contribution in [-0.4, -0.2) is 38.2 Å². The lowest BCUT2D eigenvalue weighted by Crippen LogP contribution is -2.14. The highest BCUT2D eigenvalue weighted by atomic mass is 16.6. The second-order valence-electron chi connectivity index (χ2n) is 5.65. The number of carbonyl (C=O) groups is 1. The van der Waals surface area contributed by atoms with Crippen LogP contribution in [0.15, 0.2) is 42.5 Å². The number of benzene rings is 2. The van der Waals surface area contributed by atoms with E-state index in [4.69, 9.17) is 9.47 Å². The molecule has 0 aromatic heterocycles. The minimum absolute atomic E-state index is 0.0515. The van der Waals surface area contributed by atoms with Crippen molar-refractivity contribution in [3.8, 4) is 5.75 Å². The van der Waals surface area contributed by atoms with E-state index in [0.29, 0.717) is 11.4 Å². The van der Waals surface area contributed by atoms with Crippen LogP contribution in [0.4, 0.5) is 11.4 Å². The molecule has 7 nitrogen and oxygen atoms in total. The summed E-state index contributed by atoms with van der Waals surface area (Å²) in [4.78, 5) is 24.3. The molecule has 0 saturated carbocycles. The molecule has 0 N–H and O–H groups in total. The van der Waals surface area contributed by atoms with E-state index in [1.54, 1.807) is 19.0 Å². The van der Waals surface area contributed by atoms with Crippen LogP contribution >= 0.6 is 0 Å². The number of carbonyl (C=O) groups excluding carboxylic acids is 1. The molecule has 0 spiro atoms. The molecule has 0 fully saturated rings. The van der Waals surface area contributed by atoms with Gasteiger partial charge in [-0.3, -0.25) is 10.1 Å². The summed E-state index contributed by atoms with van der Waals surface area (Å²) in [5, 5.41) is 11.1. The van der Waals surface area contributed by atoms with Crippen molar-refractivity contribution in [3.63, 3.8) is 0 Å². The van der Waals surface area contributed by atoms with Gasteiger partial charge in [0.05, 0.1) is 10.5 Å². The van der Waals surface area contributed by atoms with E-state index in [1.807, 2.05) is 31.2 Å². The highest BCUT2D eigenvalue weighted by Crippen LogP contribution is 2.27. The molecule has 0 aliphatic carbocycles. The topological polar surface area (TPSA) is 81.9 Å². The van der Waals surface area contributed by atoms with E-state index in [0.717, 1.165) is 5.56 Å². The van der Waals surface area contributed by atoms with Crippen molar-refractivity contribution >= 4 is 17.3 Å². The summed E-state index contributed by atoms with van der Waals surface area (Å²) >= 11 is 0. The molecule has 0 radical (unpaired) electrons. The van der Waals surface area contributed by atoms with Crippen molar-refractivity contribution in [2.24, 2.45) is 0 Å². The number of rotatable bonds is 7. The van der Waals surface area contributed by atoms with Gasteiger partial charge in [-0.05, 0) is 31.2 Å². The van der Waals surface area contributed by atoms with Crippen LogP contribution in [0.3, 0.4) is 0 Å². The molecule has 0 unspecified atom stereocenters. The summed E-state index contributed by atoms with van der Waals surface area (Å²) in [5.41, 5.74) is 1.54. The highest BCUT2D eigenvalue weighted by molar-refractivity contribution is 5.91. The van der Waals surface area contributed by atoms with E-state index < -0.39 is 10.9 Å². The third kappa shape index (κ3) is 4.94. The Hall–Kier alpha value is -3.09. The molecule has 0 heterocycles. The Bertz CT molecular complexity index is 757. The van der Waals surface area contributed by atoms with Gasteiger partial charge in [0.15, 0.2) is 0 Å². The van der Waals surface area contributed by atoms with E-state index in [2.05, 4.69) is 0 Å². The Morgan fingerprint density at radius 2 is 1.80 bits per heavy atom. The first kappa shape index (κ1) is 18.3. The Morgan fingerprint density at radius 3 is 2.40 bits per heavy atom. The number of nitro benzene ring substituents is 1. The fraction of sp³-hybridized carbons (Fsp3) is 0.278. The van der Waals surface area contributed by atoms with Gasteiger partial charge >= 0.3 is 5.97 Å². The zero-order chi connectivity index (χ0) is 18.4. The van der Waals surface area contributed by atoms with Crippen LogP contribution in [0.5, 0.6) is 5.75 Å². The molecular weight excluding hydrogens is 324 g/mol. The molecule has 0 aliphatic rings. The summed E-state index contributed by atoms with van der Waals surface area (Å²) in [6.07, 6.45) is 0.